The Bertz CT molecular complexity index is 1060. The third kappa shape index (κ3) is 3.38. The lowest BCUT2D eigenvalue weighted by Crippen LogP contribution is -2.26. The van der Waals surface area contributed by atoms with Crippen LogP contribution in [0, 0.1) is 13.8 Å². The maximum Gasteiger partial charge on any atom is 0.272 e. The third-order valence-corrected chi connectivity index (χ3v) is 4.96. The fourth-order valence-corrected chi connectivity index (χ4v) is 3.18. The fourth-order valence-electron chi connectivity index (χ4n) is 3.18. The van der Waals surface area contributed by atoms with Gasteiger partial charge in [0.25, 0.3) is 5.91 Å². The first kappa shape index (κ1) is 18.2. The van der Waals surface area contributed by atoms with Crippen LogP contribution < -0.4 is 14.8 Å². The molecule has 2 heterocycles. The molecule has 3 aromatic rings. The average Bonchev–Trinajstić information content (AvgIpc) is 3.16. The van der Waals surface area contributed by atoms with Crippen LogP contribution >= 0.6 is 0 Å². The van der Waals surface area contributed by atoms with Gasteiger partial charge < -0.3 is 14.8 Å². The van der Waals surface area contributed by atoms with Crippen LogP contribution in [0.25, 0.3) is 22.3 Å². The molecule has 6 heteroatoms. The average molecular weight is 377 g/mol. The minimum atomic E-state index is -0.214. The van der Waals surface area contributed by atoms with Gasteiger partial charge in [-0.25, -0.2) is 9.97 Å². The predicted octanol–water partition coefficient (Wildman–Crippen LogP) is 4.17. The Morgan fingerprint density at radius 1 is 1.04 bits per heavy atom. The molecule has 0 atom stereocenters. The van der Waals surface area contributed by atoms with E-state index in [-0.39, 0.29) is 12.7 Å². The number of amides is 1. The van der Waals surface area contributed by atoms with Crippen molar-refractivity contribution in [2.75, 3.05) is 13.3 Å². The lowest BCUT2D eigenvalue weighted by atomic mass is 10.1. The second kappa shape index (κ2) is 7.46. The van der Waals surface area contributed by atoms with Gasteiger partial charge in [-0.1, -0.05) is 13.3 Å². The molecule has 28 heavy (non-hydrogen) atoms. The highest BCUT2D eigenvalue weighted by atomic mass is 16.7. The summed E-state index contributed by atoms with van der Waals surface area (Å²) >= 11 is 0. The van der Waals surface area contributed by atoms with Crippen molar-refractivity contribution in [2.24, 2.45) is 0 Å². The van der Waals surface area contributed by atoms with Crippen molar-refractivity contribution in [3.05, 3.63) is 47.2 Å². The molecule has 0 fully saturated rings. The molecule has 0 saturated heterocycles. The number of nitrogens with one attached hydrogen (secondary N) is 1. The number of aromatic nitrogens is 2. The third-order valence-electron chi connectivity index (χ3n) is 4.96. The van der Waals surface area contributed by atoms with E-state index in [0.717, 1.165) is 35.0 Å². The Labute approximate surface area is 163 Å². The summed E-state index contributed by atoms with van der Waals surface area (Å²) in [5, 5.41) is 2.96. The molecule has 0 bridgehead atoms. The van der Waals surface area contributed by atoms with Gasteiger partial charge in [-0.3, -0.25) is 4.79 Å². The Kier molecular flexibility index (Phi) is 4.86. The SMILES string of the molecule is CCCCNC(=O)c1nc2cc(C)c(C)cc2nc1-c1ccc2c(c1)OCO2. The number of benzene rings is 2. The van der Waals surface area contributed by atoms with Gasteiger partial charge >= 0.3 is 0 Å². The zero-order valence-corrected chi connectivity index (χ0v) is 16.3. The van der Waals surface area contributed by atoms with E-state index in [2.05, 4.69) is 17.2 Å². The fraction of sp³-hybridized carbons (Fsp3) is 0.318. The Morgan fingerprint density at radius 3 is 2.50 bits per heavy atom. The van der Waals surface area contributed by atoms with Crippen LogP contribution in [0.2, 0.25) is 0 Å². The van der Waals surface area contributed by atoms with E-state index in [9.17, 15) is 4.79 Å². The van der Waals surface area contributed by atoms with Gasteiger partial charge in [0.15, 0.2) is 17.2 Å². The van der Waals surface area contributed by atoms with Crippen LogP contribution in [0.15, 0.2) is 30.3 Å². The first-order chi connectivity index (χ1) is 13.6. The number of hydrogen-bond acceptors (Lipinski definition) is 5. The quantitative estimate of drug-likeness (QED) is 0.676. The standard InChI is InChI=1S/C22H23N3O3/c1-4-5-8-23-22(26)21-20(15-6-7-18-19(11-15)28-12-27-18)24-16-9-13(2)14(3)10-17(16)25-21/h6-7,9-11H,4-5,8,12H2,1-3H3,(H,23,26). The van der Waals surface area contributed by atoms with Gasteiger partial charge in [0.1, 0.15) is 5.69 Å². The minimum Gasteiger partial charge on any atom is -0.454 e. The zero-order valence-electron chi connectivity index (χ0n) is 16.3. The molecule has 6 nitrogen and oxygen atoms in total. The van der Waals surface area contributed by atoms with E-state index < -0.39 is 0 Å². The second-order valence-electron chi connectivity index (χ2n) is 7.02. The van der Waals surface area contributed by atoms with Gasteiger partial charge in [0.05, 0.1) is 11.0 Å². The maximum absolute atomic E-state index is 12.9. The molecule has 4 rings (SSSR count). The molecule has 0 radical (unpaired) electrons. The van der Waals surface area contributed by atoms with E-state index in [1.54, 1.807) is 0 Å². The number of carbonyl (C=O) groups is 1. The Hall–Kier alpha value is -3.15. The molecule has 1 aliphatic heterocycles. The molecule has 1 N–H and O–H groups in total. The van der Waals surface area contributed by atoms with E-state index in [4.69, 9.17) is 14.5 Å². The van der Waals surface area contributed by atoms with Gasteiger partial charge in [0.2, 0.25) is 6.79 Å². The maximum atomic E-state index is 12.9. The molecule has 0 unspecified atom stereocenters. The van der Waals surface area contributed by atoms with Gasteiger partial charge in [-0.05, 0) is 61.7 Å². The summed E-state index contributed by atoms with van der Waals surface area (Å²) in [4.78, 5) is 22.4. The molecule has 144 valence electrons. The van der Waals surface area contributed by atoms with Crippen molar-refractivity contribution in [2.45, 2.75) is 33.6 Å². The predicted molar refractivity (Wildman–Crippen MR) is 108 cm³/mol. The number of rotatable bonds is 5. The number of hydrogen-bond donors (Lipinski definition) is 1. The molecule has 1 aromatic heterocycles. The first-order valence-electron chi connectivity index (χ1n) is 9.54. The number of fused-ring (bicyclic) bond motifs is 2. The van der Waals surface area contributed by atoms with Gasteiger partial charge in [-0.2, -0.15) is 0 Å². The zero-order chi connectivity index (χ0) is 19.7. The molecule has 1 amide bonds. The van der Waals surface area contributed by atoms with Crippen LogP contribution in [0.5, 0.6) is 11.5 Å². The minimum absolute atomic E-state index is 0.199. The van der Waals surface area contributed by atoms with Gasteiger partial charge in [-0.15, -0.1) is 0 Å². The smallest absolute Gasteiger partial charge is 0.272 e. The van der Waals surface area contributed by atoms with Crippen LogP contribution in [0.4, 0.5) is 0 Å². The number of unbranched alkanes of at least 4 members (excludes halogenated alkanes) is 1. The highest BCUT2D eigenvalue weighted by Crippen LogP contribution is 2.36. The molecule has 1 aliphatic rings. The topological polar surface area (TPSA) is 73.3 Å². The Balaban J connectivity index is 1.85. The molecular weight excluding hydrogens is 354 g/mol. The molecule has 0 aliphatic carbocycles. The highest BCUT2D eigenvalue weighted by molar-refractivity contribution is 6.00. The van der Waals surface area contributed by atoms with Crippen molar-refractivity contribution >= 4 is 16.9 Å². The second-order valence-corrected chi connectivity index (χ2v) is 7.02. The van der Waals surface area contributed by atoms with Crippen LogP contribution in [-0.4, -0.2) is 29.2 Å². The number of ether oxygens (including phenoxy) is 2. The van der Waals surface area contributed by atoms with E-state index in [1.807, 2.05) is 44.2 Å². The molecule has 0 spiro atoms. The van der Waals surface area contributed by atoms with Crippen molar-refractivity contribution < 1.29 is 14.3 Å². The summed E-state index contributed by atoms with van der Waals surface area (Å²) in [5.74, 6) is 1.13. The number of aryl methyl sites for hydroxylation is 2. The lowest BCUT2D eigenvalue weighted by molar-refractivity contribution is 0.0949. The van der Waals surface area contributed by atoms with Crippen molar-refractivity contribution in [3.8, 4) is 22.8 Å². The van der Waals surface area contributed by atoms with Crippen molar-refractivity contribution in [3.63, 3.8) is 0 Å². The van der Waals surface area contributed by atoms with Crippen LogP contribution in [0.1, 0.15) is 41.4 Å². The summed E-state index contributed by atoms with van der Waals surface area (Å²) < 4.78 is 10.9. The molecule has 2 aromatic carbocycles. The summed E-state index contributed by atoms with van der Waals surface area (Å²) in [5.41, 5.74) is 5.38. The Morgan fingerprint density at radius 2 is 1.75 bits per heavy atom. The monoisotopic (exact) mass is 377 g/mol. The summed E-state index contributed by atoms with van der Waals surface area (Å²) in [6.07, 6.45) is 1.93. The van der Waals surface area contributed by atoms with E-state index >= 15 is 0 Å². The summed E-state index contributed by atoms with van der Waals surface area (Å²) in [6, 6.07) is 9.55. The number of carbonyl (C=O) groups excluding carboxylic acids is 1. The van der Waals surface area contributed by atoms with Crippen LogP contribution in [0.3, 0.4) is 0 Å². The molecule has 0 saturated carbocycles. The molecular formula is C22H23N3O3. The van der Waals surface area contributed by atoms with E-state index in [1.165, 1.54) is 0 Å². The van der Waals surface area contributed by atoms with Crippen LogP contribution in [-0.2, 0) is 0 Å². The summed E-state index contributed by atoms with van der Waals surface area (Å²) in [7, 11) is 0. The van der Waals surface area contributed by atoms with E-state index in [0.29, 0.717) is 34.9 Å². The van der Waals surface area contributed by atoms with Crippen molar-refractivity contribution in [1.29, 1.82) is 0 Å². The van der Waals surface area contributed by atoms with Crippen molar-refractivity contribution in [1.82, 2.24) is 15.3 Å². The summed E-state index contributed by atoms with van der Waals surface area (Å²) in [6.45, 7) is 6.98. The highest BCUT2D eigenvalue weighted by Gasteiger charge is 2.21. The first-order valence-corrected chi connectivity index (χ1v) is 9.54. The van der Waals surface area contributed by atoms with Gasteiger partial charge in [0, 0.05) is 12.1 Å². The largest absolute Gasteiger partial charge is 0.454 e. The number of nitrogens with zero attached hydrogens (tertiary/aromatic N) is 2. The normalized spacial score (nSPS) is 12.4. The lowest BCUT2D eigenvalue weighted by Gasteiger charge is -2.12.